The standard InChI is InChI=1S/C17H24N4/c1-13(2)21-9-5-6-14(11-21)15-7-4-8-16(19-15)17-10-18-12-20(17)3/h4,7-8,10,12-14H,5-6,9,11H2,1-3H3/t14-/m1/s1. The average Bonchev–Trinajstić information content (AvgIpc) is 2.94. The lowest BCUT2D eigenvalue weighted by molar-refractivity contribution is 0.166. The van der Waals surface area contributed by atoms with E-state index >= 15 is 0 Å². The summed E-state index contributed by atoms with van der Waals surface area (Å²) < 4.78 is 2.02. The Hall–Kier alpha value is -1.68. The fraction of sp³-hybridized carbons (Fsp3) is 0.529. The maximum absolute atomic E-state index is 4.91. The highest BCUT2D eigenvalue weighted by molar-refractivity contribution is 5.53. The van der Waals surface area contributed by atoms with E-state index in [4.69, 9.17) is 4.98 Å². The summed E-state index contributed by atoms with van der Waals surface area (Å²) in [5.41, 5.74) is 3.32. The van der Waals surface area contributed by atoms with Gasteiger partial charge in [0.1, 0.15) is 0 Å². The van der Waals surface area contributed by atoms with E-state index in [1.54, 1.807) is 0 Å². The van der Waals surface area contributed by atoms with Crippen LogP contribution < -0.4 is 0 Å². The minimum atomic E-state index is 0.550. The summed E-state index contributed by atoms with van der Waals surface area (Å²) in [6, 6.07) is 6.99. The van der Waals surface area contributed by atoms with E-state index in [-0.39, 0.29) is 0 Å². The van der Waals surface area contributed by atoms with Gasteiger partial charge in [0.15, 0.2) is 0 Å². The third-order valence-corrected chi connectivity index (χ3v) is 4.45. The quantitative estimate of drug-likeness (QED) is 0.868. The van der Waals surface area contributed by atoms with E-state index < -0.39 is 0 Å². The van der Waals surface area contributed by atoms with Crippen LogP contribution in [-0.4, -0.2) is 38.6 Å². The van der Waals surface area contributed by atoms with Gasteiger partial charge in [0, 0.05) is 31.2 Å². The molecule has 2 aromatic heterocycles. The minimum absolute atomic E-state index is 0.550. The lowest BCUT2D eigenvalue weighted by Gasteiger charge is -2.35. The van der Waals surface area contributed by atoms with Crippen LogP contribution in [0.25, 0.3) is 11.4 Å². The molecule has 21 heavy (non-hydrogen) atoms. The molecule has 0 saturated carbocycles. The molecule has 0 aromatic carbocycles. The van der Waals surface area contributed by atoms with Crippen LogP contribution in [0.1, 0.15) is 38.3 Å². The largest absolute Gasteiger partial charge is 0.332 e. The molecule has 0 bridgehead atoms. The second-order valence-corrected chi connectivity index (χ2v) is 6.27. The van der Waals surface area contributed by atoms with Gasteiger partial charge in [-0.15, -0.1) is 0 Å². The van der Waals surface area contributed by atoms with Crippen molar-refractivity contribution in [1.29, 1.82) is 0 Å². The molecule has 1 aliphatic heterocycles. The average molecular weight is 284 g/mol. The van der Waals surface area contributed by atoms with E-state index in [0.717, 1.165) is 17.9 Å². The molecule has 0 unspecified atom stereocenters. The van der Waals surface area contributed by atoms with E-state index in [1.165, 1.54) is 25.1 Å². The van der Waals surface area contributed by atoms with Crippen LogP contribution >= 0.6 is 0 Å². The van der Waals surface area contributed by atoms with Crippen LogP contribution in [0.2, 0.25) is 0 Å². The number of imidazole rings is 1. The van der Waals surface area contributed by atoms with Crippen molar-refractivity contribution in [3.63, 3.8) is 0 Å². The first-order valence-corrected chi connectivity index (χ1v) is 7.83. The summed E-state index contributed by atoms with van der Waals surface area (Å²) in [6.07, 6.45) is 6.21. The van der Waals surface area contributed by atoms with Gasteiger partial charge in [-0.2, -0.15) is 0 Å². The second kappa shape index (κ2) is 5.98. The smallest absolute Gasteiger partial charge is 0.0948 e. The summed E-state index contributed by atoms with van der Waals surface area (Å²) in [4.78, 5) is 11.7. The van der Waals surface area contributed by atoms with Crippen molar-refractivity contribution in [3.8, 4) is 11.4 Å². The predicted octanol–water partition coefficient (Wildman–Crippen LogP) is 3.07. The molecule has 2 aromatic rings. The van der Waals surface area contributed by atoms with Crippen molar-refractivity contribution in [1.82, 2.24) is 19.4 Å². The van der Waals surface area contributed by atoms with Crippen LogP contribution in [0.5, 0.6) is 0 Å². The molecule has 0 spiro atoms. The molecule has 1 atom stereocenters. The molecule has 3 heterocycles. The molecule has 1 fully saturated rings. The maximum Gasteiger partial charge on any atom is 0.0948 e. The van der Waals surface area contributed by atoms with Gasteiger partial charge in [0.05, 0.1) is 23.9 Å². The fourth-order valence-corrected chi connectivity index (χ4v) is 3.14. The number of pyridine rings is 1. The predicted molar refractivity (Wildman–Crippen MR) is 85.1 cm³/mol. The van der Waals surface area contributed by atoms with Crippen molar-refractivity contribution < 1.29 is 0 Å². The number of hydrogen-bond donors (Lipinski definition) is 0. The molecular weight excluding hydrogens is 260 g/mol. The first-order valence-electron chi connectivity index (χ1n) is 7.83. The molecular formula is C17H24N4. The molecule has 4 nitrogen and oxygen atoms in total. The molecule has 1 saturated heterocycles. The molecule has 112 valence electrons. The number of hydrogen-bond acceptors (Lipinski definition) is 3. The molecule has 0 amide bonds. The highest BCUT2D eigenvalue weighted by Crippen LogP contribution is 2.28. The van der Waals surface area contributed by atoms with Gasteiger partial charge >= 0.3 is 0 Å². The number of rotatable bonds is 3. The molecule has 0 aliphatic carbocycles. The SMILES string of the molecule is CC(C)N1CCC[C@@H](c2cccc(-c3cncn3C)n2)C1. The summed E-state index contributed by atoms with van der Waals surface area (Å²) >= 11 is 0. The van der Waals surface area contributed by atoms with Crippen LogP contribution in [-0.2, 0) is 7.05 Å². The van der Waals surface area contributed by atoms with Gasteiger partial charge in [-0.05, 0) is 45.4 Å². The zero-order valence-electron chi connectivity index (χ0n) is 13.2. The number of aromatic nitrogens is 3. The summed E-state index contributed by atoms with van der Waals surface area (Å²) in [5, 5.41) is 0. The lowest BCUT2D eigenvalue weighted by Crippen LogP contribution is -2.39. The van der Waals surface area contributed by atoms with E-state index in [1.807, 2.05) is 24.1 Å². The van der Waals surface area contributed by atoms with E-state index in [0.29, 0.717) is 12.0 Å². The van der Waals surface area contributed by atoms with Crippen molar-refractivity contribution >= 4 is 0 Å². The number of likely N-dealkylation sites (tertiary alicyclic amines) is 1. The van der Waals surface area contributed by atoms with Gasteiger partial charge in [-0.25, -0.2) is 4.98 Å². The van der Waals surface area contributed by atoms with Gasteiger partial charge < -0.3 is 9.47 Å². The van der Waals surface area contributed by atoms with Crippen molar-refractivity contribution in [2.75, 3.05) is 13.1 Å². The monoisotopic (exact) mass is 284 g/mol. The van der Waals surface area contributed by atoms with Gasteiger partial charge in [0.2, 0.25) is 0 Å². The Balaban J connectivity index is 1.84. The zero-order valence-corrected chi connectivity index (χ0v) is 13.2. The third-order valence-electron chi connectivity index (χ3n) is 4.45. The Morgan fingerprint density at radius 1 is 1.29 bits per heavy atom. The lowest BCUT2D eigenvalue weighted by atomic mass is 9.93. The van der Waals surface area contributed by atoms with E-state index in [2.05, 4.69) is 41.9 Å². The normalized spacial score (nSPS) is 20.1. The molecule has 3 rings (SSSR count). The van der Waals surface area contributed by atoms with Crippen molar-refractivity contribution in [2.24, 2.45) is 7.05 Å². The van der Waals surface area contributed by atoms with Gasteiger partial charge in [-0.1, -0.05) is 6.07 Å². The third kappa shape index (κ3) is 3.00. The summed E-state index contributed by atoms with van der Waals surface area (Å²) in [5.74, 6) is 0.550. The Morgan fingerprint density at radius 3 is 2.86 bits per heavy atom. The van der Waals surface area contributed by atoms with Gasteiger partial charge in [-0.3, -0.25) is 4.98 Å². The minimum Gasteiger partial charge on any atom is -0.332 e. The molecule has 0 radical (unpaired) electrons. The first kappa shape index (κ1) is 14.3. The number of piperidine rings is 1. The number of aryl methyl sites for hydroxylation is 1. The Morgan fingerprint density at radius 2 is 2.14 bits per heavy atom. The summed E-state index contributed by atoms with van der Waals surface area (Å²) in [7, 11) is 2.01. The highest BCUT2D eigenvalue weighted by Gasteiger charge is 2.24. The zero-order chi connectivity index (χ0) is 14.8. The Labute approximate surface area is 126 Å². The number of nitrogens with zero attached hydrogens (tertiary/aromatic N) is 4. The van der Waals surface area contributed by atoms with Crippen LogP contribution in [0, 0.1) is 0 Å². The Kier molecular flexibility index (Phi) is 4.06. The first-order chi connectivity index (χ1) is 10.1. The van der Waals surface area contributed by atoms with Crippen molar-refractivity contribution in [3.05, 3.63) is 36.4 Å². The molecule has 0 N–H and O–H groups in total. The van der Waals surface area contributed by atoms with Crippen molar-refractivity contribution in [2.45, 2.75) is 38.6 Å². The van der Waals surface area contributed by atoms with Crippen LogP contribution in [0.4, 0.5) is 0 Å². The molecule has 4 heteroatoms. The topological polar surface area (TPSA) is 34.0 Å². The maximum atomic E-state index is 4.91. The van der Waals surface area contributed by atoms with Gasteiger partial charge in [0.25, 0.3) is 0 Å². The molecule has 1 aliphatic rings. The Bertz CT molecular complexity index is 602. The fourth-order valence-electron chi connectivity index (χ4n) is 3.14. The van der Waals surface area contributed by atoms with E-state index in [9.17, 15) is 0 Å². The summed E-state index contributed by atoms with van der Waals surface area (Å²) in [6.45, 7) is 6.90. The van der Waals surface area contributed by atoms with Crippen LogP contribution in [0.3, 0.4) is 0 Å². The van der Waals surface area contributed by atoms with Crippen LogP contribution in [0.15, 0.2) is 30.7 Å². The highest BCUT2D eigenvalue weighted by atomic mass is 15.2. The second-order valence-electron chi connectivity index (χ2n) is 6.27.